The van der Waals surface area contributed by atoms with E-state index in [0.717, 1.165) is 11.8 Å². The Morgan fingerprint density at radius 3 is 2.20 bits per heavy atom. The summed E-state index contributed by atoms with van der Waals surface area (Å²) >= 11 is 1.14. The summed E-state index contributed by atoms with van der Waals surface area (Å²) in [6, 6.07) is 0. The Balaban J connectivity index is 0. The van der Waals surface area contributed by atoms with E-state index in [1.54, 1.807) is 13.8 Å². The van der Waals surface area contributed by atoms with Crippen LogP contribution in [0, 0.1) is 5.41 Å². The Bertz CT molecular complexity index is 220. The second kappa shape index (κ2) is 9.66. The standard InChI is InChI=1S/C7H17N2O3PS.BrH/c1-3-11-13(10,12-4-2)5-6-14-7(8)9;/h3-6H2,1-2H3,(H3,8,9);1H. The fourth-order valence-corrected chi connectivity index (χ4v) is 3.43. The zero-order valence-corrected chi connectivity index (χ0v) is 12.3. The highest BCUT2D eigenvalue weighted by Gasteiger charge is 2.22. The molecule has 0 aliphatic heterocycles. The molecule has 0 saturated heterocycles. The lowest BCUT2D eigenvalue weighted by molar-refractivity contribution is 0.221. The van der Waals surface area contributed by atoms with Gasteiger partial charge in [-0.2, -0.15) is 0 Å². The van der Waals surface area contributed by atoms with Gasteiger partial charge in [0.1, 0.15) is 0 Å². The highest BCUT2D eigenvalue weighted by Crippen LogP contribution is 2.48. The molecule has 3 N–H and O–H groups in total. The van der Waals surface area contributed by atoms with Gasteiger partial charge in [0.25, 0.3) is 0 Å². The normalized spacial score (nSPS) is 10.8. The second-order valence-corrected chi connectivity index (χ2v) is 5.70. The van der Waals surface area contributed by atoms with Crippen molar-refractivity contribution in [1.29, 1.82) is 5.41 Å². The van der Waals surface area contributed by atoms with Gasteiger partial charge in [-0.05, 0) is 13.8 Å². The van der Waals surface area contributed by atoms with E-state index in [1.165, 1.54) is 0 Å². The van der Waals surface area contributed by atoms with Gasteiger partial charge in [0.15, 0.2) is 5.17 Å². The van der Waals surface area contributed by atoms with Gasteiger partial charge in [-0.15, -0.1) is 17.0 Å². The van der Waals surface area contributed by atoms with E-state index in [4.69, 9.17) is 20.2 Å². The minimum Gasteiger partial charge on any atom is -0.379 e. The maximum absolute atomic E-state index is 11.8. The van der Waals surface area contributed by atoms with E-state index in [0.29, 0.717) is 25.1 Å². The van der Waals surface area contributed by atoms with Gasteiger partial charge < -0.3 is 14.8 Å². The molecule has 0 fully saturated rings. The molecule has 0 atom stereocenters. The molecular weight excluding hydrogens is 303 g/mol. The molecule has 0 aromatic rings. The van der Waals surface area contributed by atoms with Crippen LogP contribution in [0.3, 0.4) is 0 Å². The van der Waals surface area contributed by atoms with Crippen molar-refractivity contribution in [1.82, 2.24) is 0 Å². The van der Waals surface area contributed by atoms with Crippen molar-refractivity contribution in [2.45, 2.75) is 13.8 Å². The fourth-order valence-electron chi connectivity index (χ4n) is 0.827. The van der Waals surface area contributed by atoms with Crippen molar-refractivity contribution >= 4 is 41.5 Å². The molecule has 5 nitrogen and oxygen atoms in total. The van der Waals surface area contributed by atoms with E-state index in [2.05, 4.69) is 0 Å². The molecule has 0 spiro atoms. The largest absolute Gasteiger partial charge is 0.379 e. The van der Waals surface area contributed by atoms with Gasteiger partial charge in [0.05, 0.1) is 19.4 Å². The summed E-state index contributed by atoms with van der Waals surface area (Å²) in [7, 11) is -2.95. The van der Waals surface area contributed by atoms with Crippen LogP contribution in [0.15, 0.2) is 0 Å². The van der Waals surface area contributed by atoms with E-state index < -0.39 is 7.60 Å². The Morgan fingerprint density at radius 1 is 1.40 bits per heavy atom. The first-order valence-corrected chi connectivity index (χ1v) is 7.10. The summed E-state index contributed by atoms with van der Waals surface area (Å²) in [4.78, 5) is 0. The zero-order valence-electron chi connectivity index (χ0n) is 8.89. The van der Waals surface area contributed by atoms with Crippen LogP contribution in [-0.2, 0) is 13.6 Å². The van der Waals surface area contributed by atoms with Crippen LogP contribution in [0.2, 0.25) is 0 Å². The van der Waals surface area contributed by atoms with Crippen LogP contribution in [0.5, 0.6) is 0 Å². The molecule has 0 aliphatic carbocycles. The number of halogens is 1. The first-order valence-electron chi connectivity index (χ1n) is 4.39. The Kier molecular flexibility index (Phi) is 11.5. The van der Waals surface area contributed by atoms with Gasteiger partial charge in [-0.25, -0.2) is 0 Å². The van der Waals surface area contributed by atoms with Gasteiger partial charge in [0, 0.05) is 5.75 Å². The van der Waals surface area contributed by atoms with Crippen LogP contribution < -0.4 is 5.73 Å². The van der Waals surface area contributed by atoms with Crippen LogP contribution in [-0.4, -0.2) is 30.3 Å². The molecule has 0 bridgehead atoms. The summed E-state index contributed by atoms with van der Waals surface area (Å²) in [5, 5.41) is 6.99. The Hall–Kier alpha value is 0.450. The minimum atomic E-state index is -2.95. The minimum absolute atomic E-state index is 0. The maximum atomic E-state index is 11.8. The molecule has 15 heavy (non-hydrogen) atoms. The third-order valence-corrected chi connectivity index (χ3v) is 4.37. The summed E-state index contributed by atoms with van der Waals surface area (Å²) < 4.78 is 21.9. The lowest BCUT2D eigenvalue weighted by atomic mass is 10.9. The summed E-state index contributed by atoms with van der Waals surface area (Å²) in [6.45, 7) is 4.26. The molecular formula is C7H18BrN2O3PS. The van der Waals surface area contributed by atoms with Crippen molar-refractivity contribution in [3.8, 4) is 0 Å². The topological polar surface area (TPSA) is 85.4 Å². The van der Waals surface area contributed by atoms with Crippen molar-refractivity contribution in [2.24, 2.45) is 5.73 Å². The lowest BCUT2D eigenvalue weighted by Gasteiger charge is -2.16. The van der Waals surface area contributed by atoms with Crippen molar-refractivity contribution < 1.29 is 13.6 Å². The molecule has 0 radical (unpaired) electrons. The molecule has 0 rings (SSSR count). The number of hydrogen-bond donors (Lipinski definition) is 2. The predicted octanol–water partition coefficient (Wildman–Crippen LogP) is 2.46. The SMILES string of the molecule is Br.CCOP(=O)(CCSC(=N)N)OCC. The molecule has 8 heteroatoms. The maximum Gasteiger partial charge on any atom is 0.331 e. The monoisotopic (exact) mass is 320 g/mol. The van der Waals surface area contributed by atoms with Gasteiger partial charge in [0.2, 0.25) is 0 Å². The molecule has 0 aromatic heterocycles. The summed E-state index contributed by atoms with van der Waals surface area (Å²) in [5.74, 6) is 0.479. The molecule has 92 valence electrons. The van der Waals surface area contributed by atoms with Crippen molar-refractivity contribution in [2.75, 3.05) is 25.1 Å². The Labute approximate surface area is 105 Å². The number of amidine groups is 1. The molecule has 0 amide bonds. The third-order valence-electron chi connectivity index (χ3n) is 1.27. The van der Waals surface area contributed by atoms with Crippen LogP contribution in [0.1, 0.15) is 13.8 Å². The first-order chi connectivity index (χ1) is 6.54. The Morgan fingerprint density at radius 2 is 1.87 bits per heavy atom. The second-order valence-electron chi connectivity index (χ2n) is 2.38. The highest BCUT2D eigenvalue weighted by molar-refractivity contribution is 8.93. The van der Waals surface area contributed by atoms with Gasteiger partial charge >= 0.3 is 7.60 Å². The van der Waals surface area contributed by atoms with Crippen LogP contribution in [0.25, 0.3) is 0 Å². The fraction of sp³-hybridized carbons (Fsp3) is 0.857. The van der Waals surface area contributed by atoms with Gasteiger partial charge in [-0.1, -0.05) is 11.8 Å². The molecule has 0 aliphatic rings. The van der Waals surface area contributed by atoms with Crippen molar-refractivity contribution in [3.05, 3.63) is 0 Å². The van der Waals surface area contributed by atoms with E-state index in [-0.39, 0.29) is 22.1 Å². The first kappa shape index (κ1) is 17.8. The van der Waals surface area contributed by atoms with E-state index in [1.807, 2.05) is 0 Å². The molecule has 0 saturated carbocycles. The number of thioether (sulfide) groups is 1. The van der Waals surface area contributed by atoms with Crippen LogP contribution >= 0.6 is 36.3 Å². The smallest absolute Gasteiger partial charge is 0.331 e. The highest BCUT2D eigenvalue weighted by atomic mass is 79.9. The molecule has 0 unspecified atom stereocenters. The lowest BCUT2D eigenvalue weighted by Crippen LogP contribution is -2.08. The van der Waals surface area contributed by atoms with Crippen LogP contribution in [0.4, 0.5) is 0 Å². The number of nitrogens with two attached hydrogens (primary N) is 1. The number of rotatable bonds is 7. The average molecular weight is 321 g/mol. The summed E-state index contributed by atoms with van der Waals surface area (Å²) in [5.41, 5.74) is 5.14. The van der Waals surface area contributed by atoms with Gasteiger partial charge in [-0.3, -0.25) is 9.97 Å². The summed E-state index contributed by atoms with van der Waals surface area (Å²) in [6.07, 6.45) is 0.291. The zero-order chi connectivity index (χ0) is 11.0. The third kappa shape index (κ3) is 9.38. The van der Waals surface area contributed by atoms with E-state index >= 15 is 0 Å². The number of nitrogens with one attached hydrogen (secondary N) is 1. The molecule has 0 heterocycles. The quantitative estimate of drug-likeness (QED) is 0.427. The number of hydrogen-bond acceptors (Lipinski definition) is 5. The predicted molar refractivity (Wildman–Crippen MR) is 70.4 cm³/mol. The molecule has 0 aromatic carbocycles. The van der Waals surface area contributed by atoms with Crippen molar-refractivity contribution in [3.63, 3.8) is 0 Å². The van der Waals surface area contributed by atoms with E-state index in [9.17, 15) is 4.57 Å². The average Bonchev–Trinajstić information content (AvgIpc) is 2.03.